The van der Waals surface area contributed by atoms with Gasteiger partial charge in [-0.05, 0) is 68.8 Å². The largest absolute Gasteiger partial charge is 0.444 e. The summed E-state index contributed by atoms with van der Waals surface area (Å²) in [6.45, 7) is 5.37. The van der Waals surface area contributed by atoms with Crippen LogP contribution in [0.15, 0.2) is 85.3 Å². The Hall–Kier alpha value is -5.32. The highest BCUT2D eigenvalue weighted by atomic mass is 16.6. The first kappa shape index (κ1) is 28.7. The topological polar surface area (TPSA) is 147 Å². The number of para-hydroxylation sites is 2. The van der Waals surface area contributed by atoms with Crippen molar-refractivity contribution in [3.63, 3.8) is 0 Å². The number of amides is 3. The van der Waals surface area contributed by atoms with E-state index in [1.54, 1.807) is 75.8 Å². The third-order valence-electron chi connectivity index (χ3n) is 5.52. The molecule has 4 N–H and O–H groups in total. The van der Waals surface area contributed by atoms with Gasteiger partial charge in [0.2, 0.25) is 11.9 Å². The third kappa shape index (κ3) is 8.85. The van der Waals surface area contributed by atoms with Crippen LogP contribution in [0.1, 0.15) is 36.7 Å². The van der Waals surface area contributed by atoms with Gasteiger partial charge in [0.1, 0.15) is 12.1 Å². The van der Waals surface area contributed by atoms with E-state index in [4.69, 9.17) is 4.74 Å². The van der Waals surface area contributed by atoms with E-state index in [-0.39, 0.29) is 12.5 Å². The fourth-order valence-electron chi connectivity index (χ4n) is 3.63. The van der Waals surface area contributed by atoms with Crippen LogP contribution < -0.4 is 21.3 Å². The minimum Gasteiger partial charge on any atom is -0.444 e. The fourth-order valence-corrected chi connectivity index (χ4v) is 3.63. The van der Waals surface area contributed by atoms with Crippen LogP contribution in [0.25, 0.3) is 11.3 Å². The Kier molecular flexibility index (Phi) is 9.20. The van der Waals surface area contributed by atoms with Gasteiger partial charge in [-0.2, -0.15) is 0 Å². The molecule has 4 rings (SSSR count). The van der Waals surface area contributed by atoms with E-state index in [1.165, 1.54) is 0 Å². The van der Waals surface area contributed by atoms with Crippen molar-refractivity contribution in [2.45, 2.75) is 32.9 Å². The van der Waals surface area contributed by atoms with Crippen LogP contribution >= 0.6 is 0 Å². The van der Waals surface area contributed by atoms with Crippen LogP contribution in [-0.4, -0.2) is 45.0 Å². The summed E-state index contributed by atoms with van der Waals surface area (Å²) in [5.74, 6) is -0.330. The average molecular weight is 554 g/mol. The summed E-state index contributed by atoms with van der Waals surface area (Å²) in [6, 6.07) is 19.5. The number of anilines is 3. The number of pyridine rings is 1. The second-order valence-corrected chi connectivity index (χ2v) is 9.96. The molecule has 3 amide bonds. The van der Waals surface area contributed by atoms with E-state index < -0.39 is 17.6 Å². The Labute approximate surface area is 237 Å². The molecular weight excluding hydrogens is 522 g/mol. The highest BCUT2D eigenvalue weighted by Crippen LogP contribution is 2.22. The highest BCUT2D eigenvalue weighted by Gasteiger charge is 2.17. The summed E-state index contributed by atoms with van der Waals surface area (Å²) in [7, 11) is 0. The molecule has 0 saturated heterocycles. The van der Waals surface area contributed by atoms with Gasteiger partial charge in [0.15, 0.2) is 0 Å². The van der Waals surface area contributed by atoms with Crippen molar-refractivity contribution in [3.05, 3.63) is 96.4 Å². The number of alkyl carbamates (subject to hydrolysis) is 1. The number of nitrogens with zero attached hydrogens (tertiary/aromatic N) is 3. The van der Waals surface area contributed by atoms with Crippen LogP contribution in [0.3, 0.4) is 0 Å². The van der Waals surface area contributed by atoms with Crippen LogP contribution in [0, 0.1) is 0 Å². The molecule has 2 aromatic heterocycles. The van der Waals surface area contributed by atoms with E-state index >= 15 is 0 Å². The summed E-state index contributed by atoms with van der Waals surface area (Å²) in [4.78, 5) is 50.0. The van der Waals surface area contributed by atoms with Gasteiger partial charge in [-0.1, -0.05) is 24.3 Å². The first-order chi connectivity index (χ1) is 19.7. The van der Waals surface area contributed by atoms with E-state index in [0.29, 0.717) is 29.4 Å². The highest BCUT2D eigenvalue weighted by molar-refractivity contribution is 6.07. The maximum absolute atomic E-state index is 12.9. The number of ether oxygens (including phenoxy) is 1. The van der Waals surface area contributed by atoms with E-state index in [9.17, 15) is 14.4 Å². The molecule has 0 fully saturated rings. The molecule has 2 aromatic carbocycles. The summed E-state index contributed by atoms with van der Waals surface area (Å²) < 4.78 is 5.13. The van der Waals surface area contributed by atoms with Crippen LogP contribution in [0.2, 0.25) is 0 Å². The number of hydrogen-bond acceptors (Lipinski definition) is 8. The zero-order valence-corrected chi connectivity index (χ0v) is 23.0. The maximum atomic E-state index is 12.9. The van der Waals surface area contributed by atoms with Crippen molar-refractivity contribution in [1.29, 1.82) is 0 Å². The molecule has 0 unspecified atom stereocenters. The first-order valence-corrected chi connectivity index (χ1v) is 12.9. The van der Waals surface area contributed by atoms with Gasteiger partial charge >= 0.3 is 6.09 Å². The molecular formula is C30H31N7O4. The van der Waals surface area contributed by atoms with Gasteiger partial charge in [0.05, 0.1) is 17.1 Å². The molecule has 11 heteroatoms. The number of carbonyl (C=O) groups is 3. The standard InChI is InChI=1S/C30H31N7O4/c1-30(2,3)41-29(40)34-19-26(38)35-24-8-4-5-9-25(24)36-27(39)21-12-10-20(11-13-21)17-33-28-32-16-14-23(37-28)22-7-6-15-31-18-22/h4-16,18H,17,19H2,1-3H3,(H,34,40)(H,35,38)(H,36,39)(H,32,33,37). The molecule has 0 aliphatic carbocycles. The Balaban J connectivity index is 1.31. The van der Waals surface area contributed by atoms with Crippen molar-refractivity contribution < 1.29 is 19.1 Å². The molecule has 0 aliphatic heterocycles. The monoisotopic (exact) mass is 553 g/mol. The molecule has 0 spiro atoms. The number of benzene rings is 2. The van der Waals surface area contributed by atoms with Crippen molar-refractivity contribution in [1.82, 2.24) is 20.3 Å². The molecule has 4 aromatic rings. The minimum absolute atomic E-state index is 0.286. The predicted molar refractivity (Wildman–Crippen MR) is 156 cm³/mol. The number of hydrogen-bond donors (Lipinski definition) is 4. The molecule has 11 nitrogen and oxygen atoms in total. The molecule has 0 saturated carbocycles. The van der Waals surface area contributed by atoms with Crippen LogP contribution in [0.4, 0.5) is 22.1 Å². The Morgan fingerprint density at radius 2 is 1.59 bits per heavy atom. The molecule has 210 valence electrons. The normalized spacial score (nSPS) is 10.8. The molecule has 41 heavy (non-hydrogen) atoms. The van der Waals surface area contributed by atoms with Gasteiger partial charge in [-0.15, -0.1) is 0 Å². The summed E-state index contributed by atoms with van der Waals surface area (Å²) >= 11 is 0. The summed E-state index contributed by atoms with van der Waals surface area (Å²) in [5, 5.41) is 11.1. The summed E-state index contributed by atoms with van der Waals surface area (Å²) in [6.07, 6.45) is 4.44. The van der Waals surface area contributed by atoms with E-state index in [2.05, 4.69) is 36.2 Å². The quantitative estimate of drug-likeness (QED) is 0.230. The van der Waals surface area contributed by atoms with Crippen LogP contribution in [-0.2, 0) is 16.1 Å². The zero-order valence-electron chi connectivity index (χ0n) is 23.0. The smallest absolute Gasteiger partial charge is 0.408 e. The zero-order chi connectivity index (χ0) is 29.2. The molecule has 0 bridgehead atoms. The van der Waals surface area contributed by atoms with Crippen molar-refractivity contribution in [2.24, 2.45) is 0 Å². The Bertz CT molecular complexity index is 1500. The Morgan fingerprint density at radius 3 is 2.27 bits per heavy atom. The lowest BCUT2D eigenvalue weighted by Gasteiger charge is -2.19. The lowest BCUT2D eigenvalue weighted by atomic mass is 10.1. The van der Waals surface area contributed by atoms with Crippen LogP contribution in [0.5, 0.6) is 0 Å². The molecule has 0 atom stereocenters. The second-order valence-electron chi connectivity index (χ2n) is 9.96. The van der Waals surface area contributed by atoms with Crippen molar-refractivity contribution in [2.75, 3.05) is 22.5 Å². The first-order valence-electron chi connectivity index (χ1n) is 12.9. The number of carbonyl (C=O) groups excluding carboxylic acids is 3. The van der Waals surface area contributed by atoms with Gasteiger partial charge in [0, 0.05) is 36.3 Å². The number of aromatic nitrogens is 3. The molecule has 0 radical (unpaired) electrons. The average Bonchev–Trinajstić information content (AvgIpc) is 2.96. The van der Waals surface area contributed by atoms with Gasteiger partial charge in [-0.3, -0.25) is 14.6 Å². The van der Waals surface area contributed by atoms with Crippen molar-refractivity contribution >= 4 is 35.2 Å². The lowest BCUT2D eigenvalue weighted by Crippen LogP contribution is -2.37. The van der Waals surface area contributed by atoms with E-state index in [0.717, 1.165) is 16.8 Å². The van der Waals surface area contributed by atoms with E-state index in [1.807, 2.05) is 30.3 Å². The predicted octanol–water partition coefficient (Wildman–Crippen LogP) is 4.87. The number of nitrogens with one attached hydrogen (secondary N) is 4. The SMILES string of the molecule is CC(C)(C)OC(=O)NCC(=O)Nc1ccccc1NC(=O)c1ccc(CNc2nccc(-c3cccnc3)n2)cc1. The van der Waals surface area contributed by atoms with Gasteiger partial charge < -0.3 is 26.0 Å². The maximum Gasteiger partial charge on any atom is 0.408 e. The minimum atomic E-state index is -0.696. The lowest BCUT2D eigenvalue weighted by molar-refractivity contribution is -0.115. The van der Waals surface area contributed by atoms with Gasteiger partial charge in [-0.25, -0.2) is 14.8 Å². The number of rotatable bonds is 9. The second kappa shape index (κ2) is 13.2. The van der Waals surface area contributed by atoms with Gasteiger partial charge in [0.25, 0.3) is 5.91 Å². The molecule has 2 heterocycles. The summed E-state index contributed by atoms with van der Waals surface area (Å²) in [5.41, 5.74) is 3.17. The fraction of sp³-hybridized carbons (Fsp3) is 0.200. The van der Waals surface area contributed by atoms with Crippen molar-refractivity contribution in [3.8, 4) is 11.3 Å². The molecule has 0 aliphatic rings. The third-order valence-corrected chi connectivity index (χ3v) is 5.52. The Morgan fingerprint density at radius 1 is 0.854 bits per heavy atom.